The molecular formula is C32H33Cl2N5O2S. The van der Waals surface area contributed by atoms with Gasteiger partial charge in [0.15, 0.2) is 5.78 Å². The number of Topliss-reactive ketones (excluding diaryl/α,β-unsaturated/α-hetero) is 1. The lowest BCUT2D eigenvalue weighted by atomic mass is 9.91. The van der Waals surface area contributed by atoms with E-state index in [1.165, 1.54) is 11.8 Å². The molecule has 2 N–H and O–H groups in total. The molecule has 1 amide bonds. The minimum atomic E-state index is -0.583. The topological polar surface area (TPSA) is 87.2 Å². The highest BCUT2D eigenvalue weighted by atomic mass is 35.5. The second kappa shape index (κ2) is 13.8. The number of nitrogens with one attached hydrogen (secondary N) is 2. The molecule has 1 aliphatic rings. The molecule has 0 spiro atoms. The second-order valence-corrected chi connectivity index (χ2v) is 12.8. The van der Waals surface area contributed by atoms with E-state index in [0.717, 1.165) is 47.3 Å². The zero-order valence-electron chi connectivity index (χ0n) is 23.5. The van der Waals surface area contributed by atoms with Gasteiger partial charge in [0, 0.05) is 58.5 Å². The SMILES string of the molecule is CN(C)c1nc(NC2CCC(NC(=O)C(CC(=O)c3ccc(Cl)cc3)Sc3ccc(Cl)cc3)CC2)nc2ccccc12. The molecule has 1 aliphatic carbocycles. The maximum absolute atomic E-state index is 13.5. The Labute approximate surface area is 260 Å². The monoisotopic (exact) mass is 621 g/mol. The minimum Gasteiger partial charge on any atom is -0.362 e. The Morgan fingerprint density at radius 1 is 0.881 bits per heavy atom. The van der Waals surface area contributed by atoms with Gasteiger partial charge in [0.2, 0.25) is 11.9 Å². The number of carbonyl (C=O) groups is 2. The summed E-state index contributed by atoms with van der Waals surface area (Å²) in [7, 11) is 3.96. The molecule has 1 atom stereocenters. The number of nitrogens with zero attached hydrogens (tertiary/aromatic N) is 3. The molecule has 1 fully saturated rings. The van der Waals surface area contributed by atoms with Crippen LogP contribution in [0, 0.1) is 0 Å². The van der Waals surface area contributed by atoms with E-state index in [2.05, 4.69) is 10.6 Å². The van der Waals surface area contributed by atoms with E-state index >= 15 is 0 Å². The standard InChI is InChI=1S/C32H33Cl2N5O2S/c1-39(2)30-26-5-3-4-6-27(26)37-32(38-30)36-24-15-13-23(14-16-24)35-31(41)29(42-25-17-11-22(34)12-18-25)19-28(40)20-7-9-21(33)10-8-20/h3-12,17-18,23-24,29H,13-16,19H2,1-2H3,(H,35,41)(H,36,37,38). The summed E-state index contributed by atoms with van der Waals surface area (Å²) in [6.45, 7) is 0. The van der Waals surface area contributed by atoms with Crippen LogP contribution in [0.2, 0.25) is 10.0 Å². The number of fused-ring (bicyclic) bond motifs is 1. The van der Waals surface area contributed by atoms with Gasteiger partial charge in [-0.25, -0.2) is 4.98 Å². The number of carbonyl (C=O) groups excluding carboxylic acids is 2. The van der Waals surface area contributed by atoms with Crippen molar-refractivity contribution in [2.45, 2.75) is 54.3 Å². The Morgan fingerprint density at radius 2 is 1.50 bits per heavy atom. The van der Waals surface area contributed by atoms with Crippen LogP contribution in [0.5, 0.6) is 0 Å². The van der Waals surface area contributed by atoms with E-state index in [9.17, 15) is 9.59 Å². The van der Waals surface area contributed by atoms with E-state index in [0.29, 0.717) is 21.6 Å². The average Bonchev–Trinajstić information content (AvgIpc) is 2.98. The Balaban J connectivity index is 1.21. The predicted octanol–water partition coefficient (Wildman–Crippen LogP) is 7.28. The van der Waals surface area contributed by atoms with Crippen LogP contribution in [0.3, 0.4) is 0 Å². The highest BCUT2D eigenvalue weighted by Crippen LogP contribution is 2.30. The third-order valence-electron chi connectivity index (χ3n) is 7.33. The number of anilines is 2. The Morgan fingerprint density at radius 3 is 2.17 bits per heavy atom. The first-order valence-electron chi connectivity index (χ1n) is 14.0. The van der Waals surface area contributed by atoms with Crippen molar-refractivity contribution in [3.63, 3.8) is 0 Å². The smallest absolute Gasteiger partial charge is 0.234 e. The Bertz CT molecular complexity index is 1540. The van der Waals surface area contributed by atoms with E-state index < -0.39 is 5.25 Å². The van der Waals surface area contributed by atoms with Gasteiger partial charge in [-0.05, 0) is 86.3 Å². The summed E-state index contributed by atoms with van der Waals surface area (Å²) in [4.78, 5) is 39.0. The second-order valence-electron chi connectivity index (χ2n) is 10.7. The molecule has 1 saturated carbocycles. The third-order valence-corrected chi connectivity index (χ3v) is 9.05. The van der Waals surface area contributed by atoms with Crippen molar-refractivity contribution in [2.75, 3.05) is 24.3 Å². The number of hydrogen-bond acceptors (Lipinski definition) is 7. The fourth-order valence-electron chi connectivity index (χ4n) is 5.11. The Hall–Kier alpha value is -3.33. The first-order valence-corrected chi connectivity index (χ1v) is 15.6. The van der Waals surface area contributed by atoms with E-state index in [1.54, 1.807) is 36.4 Å². The Kier molecular flexibility index (Phi) is 9.88. The van der Waals surface area contributed by atoms with Gasteiger partial charge in [-0.3, -0.25) is 9.59 Å². The van der Waals surface area contributed by atoms with Crippen molar-refractivity contribution in [3.8, 4) is 0 Å². The number of aromatic nitrogens is 2. The van der Waals surface area contributed by atoms with Gasteiger partial charge in [0.25, 0.3) is 0 Å². The van der Waals surface area contributed by atoms with E-state index in [-0.39, 0.29) is 30.2 Å². The van der Waals surface area contributed by atoms with Crippen LogP contribution in [-0.4, -0.2) is 53.1 Å². The number of benzene rings is 3. The molecule has 0 saturated heterocycles. The number of ketones is 1. The number of hydrogen-bond donors (Lipinski definition) is 2. The van der Waals surface area contributed by atoms with Crippen molar-refractivity contribution in [1.29, 1.82) is 0 Å². The van der Waals surface area contributed by atoms with E-state index in [1.807, 2.05) is 55.4 Å². The number of halogens is 2. The highest BCUT2D eigenvalue weighted by Gasteiger charge is 2.29. The normalized spacial score (nSPS) is 17.4. The molecule has 7 nitrogen and oxygen atoms in total. The maximum Gasteiger partial charge on any atom is 0.234 e. The number of amides is 1. The quantitative estimate of drug-likeness (QED) is 0.142. The van der Waals surface area contributed by atoms with Gasteiger partial charge in [-0.1, -0.05) is 35.3 Å². The minimum absolute atomic E-state index is 0.0318. The third kappa shape index (κ3) is 7.73. The molecule has 1 heterocycles. The molecule has 5 rings (SSSR count). The molecule has 1 unspecified atom stereocenters. The lowest BCUT2D eigenvalue weighted by Gasteiger charge is -2.31. The number of rotatable bonds is 10. The van der Waals surface area contributed by atoms with Gasteiger partial charge in [-0.2, -0.15) is 4.98 Å². The predicted molar refractivity (Wildman–Crippen MR) is 173 cm³/mol. The van der Waals surface area contributed by atoms with Crippen molar-refractivity contribution in [2.24, 2.45) is 0 Å². The van der Waals surface area contributed by atoms with Gasteiger partial charge < -0.3 is 15.5 Å². The maximum atomic E-state index is 13.5. The zero-order chi connectivity index (χ0) is 29.6. The van der Waals surface area contributed by atoms with Crippen LogP contribution in [0.4, 0.5) is 11.8 Å². The van der Waals surface area contributed by atoms with Crippen LogP contribution >= 0.6 is 35.0 Å². The summed E-state index contributed by atoms with van der Waals surface area (Å²) < 4.78 is 0. The van der Waals surface area contributed by atoms with Gasteiger partial charge in [0.05, 0.1) is 10.8 Å². The van der Waals surface area contributed by atoms with Crippen LogP contribution < -0.4 is 15.5 Å². The molecule has 1 aromatic heterocycles. The van der Waals surface area contributed by atoms with Crippen molar-refractivity contribution in [1.82, 2.24) is 15.3 Å². The molecule has 42 heavy (non-hydrogen) atoms. The molecular weight excluding hydrogens is 589 g/mol. The number of thioether (sulfide) groups is 1. The largest absolute Gasteiger partial charge is 0.362 e. The van der Waals surface area contributed by atoms with Crippen LogP contribution in [-0.2, 0) is 4.79 Å². The van der Waals surface area contributed by atoms with E-state index in [4.69, 9.17) is 33.2 Å². The molecule has 0 aliphatic heterocycles. The molecule has 218 valence electrons. The first-order chi connectivity index (χ1) is 20.2. The van der Waals surface area contributed by atoms with Crippen LogP contribution in [0.25, 0.3) is 10.9 Å². The summed E-state index contributed by atoms with van der Waals surface area (Å²) in [6, 6.07) is 22.3. The van der Waals surface area contributed by atoms with Gasteiger partial charge in [0.1, 0.15) is 5.82 Å². The molecule has 3 aromatic carbocycles. The summed E-state index contributed by atoms with van der Waals surface area (Å²) in [6.07, 6.45) is 3.46. The fraction of sp³-hybridized carbons (Fsp3) is 0.312. The number of para-hydroxylation sites is 1. The van der Waals surface area contributed by atoms with Crippen LogP contribution in [0.15, 0.2) is 77.7 Å². The lowest BCUT2D eigenvalue weighted by molar-refractivity contribution is -0.121. The van der Waals surface area contributed by atoms with Crippen molar-refractivity contribution >= 4 is 69.3 Å². The average molecular weight is 623 g/mol. The molecule has 0 radical (unpaired) electrons. The summed E-state index contributed by atoms with van der Waals surface area (Å²) >= 11 is 13.4. The van der Waals surface area contributed by atoms with Gasteiger partial charge in [-0.15, -0.1) is 11.8 Å². The zero-order valence-corrected chi connectivity index (χ0v) is 25.8. The summed E-state index contributed by atoms with van der Waals surface area (Å²) in [5, 5.41) is 8.36. The van der Waals surface area contributed by atoms with Crippen molar-refractivity contribution < 1.29 is 9.59 Å². The summed E-state index contributed by atoms with van der Waals surface area (Å²) in [5.41, 5.74) is 1.44. The molecule has 4 aromatic rings. The van der Waals surface area contributed by atoms with Gasteiger partial charge >= 0.3 is 0 Å². The summed E-state index contributed by atoms with van der Waals surface area (Å²) in [5.74, 6) is 1.25. The fourth-order valence-corrected chi connectivity index (χ4v) is 6.39. The lowest BCUT2D eigenvalue weighted by Crippen LogP contribution is -2.44. The molecule has 10 heteroatoms. The highest BCUT2D eigenvalue weighted by molar-refractivity contribution is 8.00. The molecule has 0 bridgehead atoms. The van der Waals surface area contributed by atoms with Crippen LogP contribution in [0.1, 0.15) is 42.5 Å². The first kappa shape index (κ1) is 30.1. The van der Waals surface area contributed by atoms with Crippen molar-refractivity contribution in [3.05, 3.63) is 88.4 Å².